The van der Waals surface area contributed by atoms with Gasteiger partial charge in [0.25, 0.3) is 0 Å². The lowest BCUT2D eigenvalue weighted by atomic mass is 9.98. The summed E-state index contributed by atoms with van der Waals surface area (Å²) in [5.41, 5.74) is 15.6. The van der Waals surface area contributed by atoms with Gasteiger partial charge in [-0.1, -0.05) is 140 Å². The van der Waals surface area contributed by atoms with E-state index in [1.54, 1.807) is 0 Å². The first-order valence-corrected chi connectivity index (χ1v) is 19.4. The van der Waals surface area contributed by atoms with E-state index in [1.165, 1.54) is 44.1 Å². The highest BCUT2D eigenvalue weighted by molar-refractivity contribution is 6.09. The number of aromatic nitrogens is 1. The first-order chi connectivity index (χ1) is 28.3. The summed E-state index contributed by atoms with van der Waals surface area (Å²) in [7, 11) is 0. The fourth-order valence-electron chi connectivity index (χ4n) is 8.50. The van der Waals surface area contributed by atoms with Gasteiger partial charge in [0.1, 0.15) is 11.2 Å². The summed E-state index contributed by atoms with van der Waals surface area (Å²) in [6, 6.07) is 78.1. The second-order valence-electron chi connectivity index (χ2n) is 14.5. The van der Waals surface area contributed by atoms with Crippen molar-refractivity contribution < 1.29 is 4.42 Å². The van der Waals surface area contributed by atoms with E-state index in [-0.39, 0.29) is 0 Å². The van der Waals surface area contributed by atoms with Gasteiger partial charge in [-0.25, -0.2) is 0 Å². The van der Waals surface area contributed by atoms with Crippen molar-refractivity contribution >= 4 is 60.8 Å². The smallest absolute Gasteiger partial charge is 0.136 e. The maximum Gasteiger partial charge on any atom is 0.136 e. The molecule has 2 heterocycles. The molecule has 0 aliphatic heterocycles. The molecule has 0 fully saturated rings. The Morgan fingerprint density at radius 1 is 0.333 bits per heavy atom. The monoisotopic (exact) mass is 728 g/mol. The van der Waals surface area contributed by atoms with E-state index in [4.69, 9.17) is 4.42 Å². The van der Waals surface area contributed by atoms with Crippen LogP contribution in [0, 0.1) is 0 Å². The summed E-state index contributed by atoms with van der Waals surface area (Å²) >= 11 is 0. The lowest BCUT2D eigenvalue weighted by molar-refractivity contribution is 0.669. The van der Waals surface area contributed by atoms with Gasteiger partial charge in [-0.15, -0.1) is 0 Å². The fourth-order valence-corrected chi connectivity index (χ4v) is 8.50. The van der Waals surface area contributed by atoms with E-state index in [9.17, 15) is 0 Å². The summed E-state index contributed by atoms with van der Waals surface area (Å²) in [5, 5.41) is 4.81. The molecule has 0 spiro atoms. The van der Waals surface area contributed by atoms with Crippen molar-refractivity contribution in [3.63, 3.8) is 0 Å². The Morgan fingerprint density at radius 2 is 0.877 bits per heavy atom. The molecule has 268 valence electrons. The summed E-state index contributed by atoms with van der Waals surface area (Å²) < 4.78 is 8.67. The van der Waals surface area contributed by atoms with Gasteiger partial charge < -0.3 is 13.9 Å². The number of hydrogen-bond acceptors (Lipinski definition) is 2. The average Bonchev–Trinajstić information content (AvgIpc) is 3.83. The molecule has 3 nitrogen and oxygen atoms in total. The lowest BCUT2D eigenvalue weighted by Gasteiger charge is -2.28. The number of para-hydroxylation sites is 5. The van der Waals surface area contributed by atoms with Crippen molar-refractivity contribution in [2.45, 2.75) is 0 Å². The Bertz CT molecular complexity index is 3170. The Hall–Kier alpha value is -7.62. The van der Waals surface area contributed by atoms with Gasteiger partial charge in [0.05, 0.1) is 16.7 Å². The minimum atomic E-state index is 0.889. The van der Waals surface area contributed by atoms with Crippen molar-refractivity contribution in [1.82, 2.24) is 4.57 Å². The predicted molar refractivity (Wildman–Crippen MR) is 239 cm³/mol. The number of nitrogens with zero attached hydrogens (tertiary/aromatic N) is 2. The molecule has 0 amide bonds. The Kier molecular flexibility index (Phi) is 7.82. The topological polar surface area (TPSA) is 21.3 Å². The van der Waals surface area contributed by atoms with Crippen molar-refractivity contribution in [2.75, 3.05) is 4.90 Å². The highest BCUT2D eigenvalue weighted by Gasteiger charge is 2.18. The SMILES string of the molecule is c1ccc(N(c2ccc(-c3cccc(-c4ccc(-n5c6ccccc6c6ccccc65)cc4)c3)cc2)c2ccccc2-c2ccc3c(c2)oc2ccccc23)cc1. The van der Waals surface area contributed by atoms with E-state index in [2.05, 4.69) is 216 Å². The maximum atomic E-state index is 6.31. The molecule has 0 bridgehead atoms. The molecular formula is C54H36N2O. The van der Waals surface area contributed by atoms with Crippen LogP contribution in [0.5, 0.6) is 0 Å². The minimum Gasteiger partial charge on any atom is -0.456 e. The van der Waals surface area contributed by atoms with Crippen LogP contribution < -0.4 is 4.90 Å². The molecule has 57 heavy (non-hydrogen) atoms. The molecule has 0 aliphatic carbocycles. The molecule has 0 N–H and O–H groups in total. The molecule has 0 saturated carbocycles. The molecule has 11 rings (SSSR count). The standard InChI is InChI=1S/C54H36N2O/c1-2-15-42(16-3-1)55(50-21-8-4-17-45(50)41-29-34-49-48-20-7-11-24-53(48)57-54(49)36-41)43-30-25-37(26-31-43)39-13-12-14-40(35-39)38-27-32-44(33-28-38)56-51-22-9-5-18-46(51)47-19-6-10-23-52(47)56/h1-36H. The number of benzene rings is 9. The third-order valence-corrected chi connectivity index (χ3v) is 11.2. The van der Waals surface area contributed by atoms with Crippen molar-refractivity contribution in [3.05, 3.63) is 218 Å². The molecule has 0 unspecified atom stereocenters. The number of rotatable bonds is 7. The fraction of sp³-hybridized carbons (Fsp3) is 0. The van der Waals surface area contributed by atoms with Crippen LogP contribution in [-0.2, 0) is 0 Å². The zero-order valence-electron chi connectivity index (χ0n) is 31.1. The van der Waals surface area contributed by atoms with Gasteiger partial charge >= 0.3 is 0 Å². The zero-order chi connectivity index (χ0) is 37.7. The maximum absolute atomic E-state index is 6.31. The van der Waals surface area contributed by atoms with Crippen LogP contribution in [0.2, 0.25) is 0 Å². The Labute approximate surface area is 330 Å². The third-order valence-electron chi connectivity index (χ3n) is 11.2. The predicted octanol–water partition coefficient (Wildman–Crippen LogP) is 15.2. The van der Waals surface area contributed by atoms with Crippen molar-refractivity contribution in [2.24, 2.45) is 0 Å². The molecule has 9 aromatic carbocycles. The number of hydrogen-bond donors (Lipinski definition) is 0. The quantitative estimate of drug-likeness (QED) is 0.163. The van der Waals surface area contributed by atoms with E-state index in [0.29, 0.717) is 0 Å². The Balaban J connectivity index is 0.929. The highest BCUT2D eigenvalue weighted by atomic mass is 16.3. The largest absolute Gasteiger partial charge is 0.456 e. The first kappa shape index (κ1) is 32.8. The second-order valence-corrected chi connectivity index (χ2v) is 14.5. The molecule has 2 aromatic heterocycles. The Morgan fingerprint density at radius 3 is 1.60 bits per heavy atom. The summed E-state index contributed by atoms with van der Waals surface area (Å²) in [5.74, 6) is 0. The third kappa shape index (κ3) is 5.68. The van der Waals surface area contributed by atoms with E-state index in [0.717, 1.165) is 55.8 Å². The summed E-state index contributed by atoms with van der Waals surface area (Å²) in [6.07, 6.45) is 0. The second kappa shape index (κ2) is 13.6. The summed E-state index contributed by atoms with van der Waals surface area (Å²) in [4.78, 5) is 2.34. The van der Waals surface area contributed by atoms with Gasteiger partial charge in [-0.2, -0.15) is 0 Å². The van der Waals surface area contributed by atoms with E-state index in [1.807, 2.05) is 12.1 Å². The first-order valence-electron chi connectivity index (χ1n) is 19.4. The van der Waals surface area contributed by atoms with E-state index < -0.39 is 0 Å². The number of anilines is 3. The molecule has 0 radical (unpaired) electrons. The normalized spacial score (nSPS) is 11.5. The van der Waals surface area contributed by atoms with E-state index >= 15 is 0 Å². The molecule has 3 heteroatoms. The molecule has 11 aromatic rings. The number of furan rings is 1. The van der Waals surface area contributed by atoms with Crippen LogP contribution in [0.3, 0.4) is 0 Å². The van der Waals surface area contributed by atoms with Gasteiger partial charge in [0, 0.05) is 44.2 Å². The zero-order valence-corrected chi connectivity index (χ0v) is 31.1. The van der Waals surface area contributed by atoms with Gasteiger partial charge in [0.2, 0.25) is 0 Å². The van der Waals surface area contributed by atoms with Crippen LogP contribution in [0.1, 0.15) is 0 Å². The number of fused-ring (bicyclic) bond motifs is 6. The van der Waals surface area contributed by atoms with Gasteiger partial charge in [-0.3, -0.25) is 0 Å². The van der Waals surface area contributed by atoms with Crippen molar-refractivity contribution in [1.29, 1.82) is 0 Å². The molecule has 0 aliphatic rings. The molecule has 0 atom stereocenters. The molecular weight excluding hydrogens is 693 g/mol. The van der Waals surface area contributed by atoms with Crippen LogP contribution >= 0.6 is 0 Å². The molecule has 0 saturated heterocycles. The van der Waals surface area contributed by atoms with Crippen LogP contribution in [0.25, 0.3) is 82.8 Å². The van der Waals surface area contributed by atoms with Crippen molar-refractivity contribution in [3.8, 4) is 39.1 Å². The lowest BCUT2D eigenvalue weighted by Crippen LogP contribution is -2.11. The van der Waals surface area contributed by atoms with Gasteiger partial charge in [0.15, 0.2) is 0 Å². The van der Waals surface area contributed by atoms with Gasteiger partial charge in [-0.05, 0) is 107 Å². The van der Waals surface area contributed by atoms with Crippen LogP contribution in [0.4, 0.5) is 17.1 Å². The van der Waals surface area contributed by atoms with Crippen LogP contribution in [-0.4, -0.2) is 4.57 Å². The highest BCUT2D eigenvalue weighted by Crippen LogP contribution is 2.43. The minimum absolute atomic E-state index is 0.889. The summed E-state index contributed by atoms with van der Waals surface area (Å²) in [6.45, 7) is 0. The van der Waals surface area contributed by atoms with Crippen LogP contribution in [0.15, 0.2) is 223 Å². The average molecular weight is 729 g/mol.